The zero-order chi connectivity index (χ0) is 17.3. The molecule has 1 heterocycles. The molecule has 8 heteroatoms. The molecule has 2 unspecified atom stereocenters. The summed E-state index contributed by atoms with van der Waals surface area (Å²) < 4.78 is 39.5. The number of sulfonamides is 1. The Bertz CT molecular complexity index is 864. The van der Waals surface area contributed by atoms with Gasteiger partial charge in [-0.1, -0.05) is 18.2 Å². The van der Waals surface area contributed by atoms with Gasteiger partial charge in [0.1, 0.15) is 10.0 Å². The van der Waals surface area contributed by atoms with Crippen LogP contribution >= 0.6 is 11.3 Å². The van der Waals surface area contributed by atoms with Crippen molar-refractivity contribution >= 4 is 27.3 Å². The van der Waals surface area contributed by atoms with E-state index in [2.05, 4.69) is 10.0 Å². The molecule has 1 aromatic heterocycles. The van der Waals surface area contributed by atoms with Gasteiger partial charge in [0.15, 0.2) is 0 Å². The molecule has 1 fully saturated rings. The summed E-state index contributed by atoms with van der Waals surface area (Å²) in [5, 5.41) is 2.80. The van der Waals surface area contributed by atoms with Crippen molar-refractivity contribution in [2.75, 3.05) is 7.05 Å². The molecular weight excluding hydrogens is 351 g/mol. The van der Waals surface area contributed by atoms with Gasteiger partial charge in [0.05, 0.1) is 6.54 Å². The van der Waals surface area contributed by atoms with Crippen molar-refractivity contribution in [3.05, 3.63) is 52.7 Å². The van der Waals surface area contributed by atoms with Crippen molar-refractivity contribution in [2.24, 2.45) is 5.92 Å². The fraction of sp³-hybridized carbons (Fsp3) is 0.312. The standard InChI is InChI=1S/C16H17FN2O3S2/c1-18-24(21,22)15-7-6-10(23-15)9-19-16(20)13-8-12(13)11-4-2-3-5-14(11)17/h2-7,12-13,18H,8-9H2,1H3,(H,19,20). The quantitative estimate of drug-likeness (QED) is 0.821. The predicted octanol–water partition coefficient (Wildman–Crippen LogP) is 2.22. The summed E-state index contributed by atoms with van der Waals surface area (Å²) in [6, 6.07) is 9.69. The first-order valence-electron chi connectivity index (χ1n) is 7.47. The van der Waals surface area contributed by atoms with E-state index < -0.39 is 10.0 Å². The molecule has 0 bridgehead atoms. The van der Waals surface area contributed by atoms with E-state index in [1.165, 1.54) is 19.2 Å². The lowest BCUT2D eigenvalue weighted by Gasteiger charge is -2.04. The minimum atomic E-state index is -3.46. The van der Waals surface area contributed by atoms with E-state index in [0.29, 0.717) is 12.0 Å². The van der Waals surface area contributed by atoms with E-state index in [-0.39, 0.29) is 34.3 Å². The highest BCUT2D eigenvalue weighted by Gasteiger charge is 2.44. The van der Waals surface area contributed by atoms with Crippen LogP contribution in [-0.2, 0) is 21.4 Å². The Morgan fingerprint density at radius 2 is 2.04 bits per heavy atom. The molecule has 1 aliphatic rings. The highest BCUT2D eigenvalue weighted by atomic mass is 32.2. The van der Waals surface area contributed by atoms with Crippen molar-refractivity contribution in [1.29, 1.82) is 0 Å². The average molecular weight is 368 g/mol. The monoisotopic (exact) mass is 368 g/mol. The van der Waals surface area contributed by atoms with Crippen LogP contribution in [0.15, 0.2) is 40.6 Å². The Balaban J connectivity index is 1.57. The number of carbonyl (C=O) groups is 1. The lowest BCUT2D eigenvalue weighted by atomic mass is 10.1. The first kappa shape index (κ1) is 17.1. The van der Waals surface area contributed by atoms with Crippen molar-refractivity contribution in [1.82, 2.24) is 10.0 Å². The van der Waals surface area contributed by atoms with Gasteiger partial charge in [-0.3, -0.25) is 4.79 Å². The maximum atomic E-state index is 13.7. The Hall–Kier alpha value is -1.77. The Labute approximate surface area is 144 Å². The molecule has 128 valence electrons. The number of carbonyl (C=O) groups excluding carboxylic acids is 1. The van der Waals surface area contributed by atoms with Gasteiger partial charge in [-0.25, -0.2) is 17.5 Å². The number of halogens is 1. The zero-order valence-corrected chi connectivity index (χ0v) is 14.6. The summed E-state index contributed by atoms with van der Waals surface area (Å²) in [4.78, 5) is 12.9. The van der Waals surface area contributed by atoms with Crippen LogP contribution in [0.4, 0.5) is 4.39 Å². The summed E-state index contributed by atoms with van der Waals surface area (Å²) in [6.07, 6.45) is 0.636. The summed E-state index contributed by atoms with van der Waals surface area (Å²) >= 11 is 1.11. The zero-order valence-electron chi connectivity index (χ0n) is 13.0. The van der Waals surface area contributed by atoms with Gasteiger partial charge in [-0.05, 0) is 43.1 Å². The topological polar surface area (TPSA) is 75.3 Å². The second-order valence-corrected chi connectivity index (χ2v) is 8.90. The van der Waals surface area contributed by atoms with Crippen molar-refractivity contribution in [3.63, 3.8) is 0 Å². The van der Waals surface area contributed by atoms with Gasteiger partial charge in [0.2, 0.25) is 15.9 Å². The molecule has 3 rings (SSSR count). The van der Waals surface area contributed by atoms with Crippen LogP contribution in [0.25, 0.3) is 0 Å². The molecule has 5 nitrogen and oxygen atoms in total. The Morgan fingerprint density at radius 3 is 2.75 bits per heavy atom. The number of hydrogen-bond donors (Lipinski definition) is 2. The molecule has 1 aromatic carbocycles. The second kappa shape index (κ2) is 6.62. The van der Waals surface area contributed by atoms with Crippen LogP contribution in [0, 0.1) is 11.7 Å². The van der Waals surface area contributed by atoms with Gasteiger partial charge in [-0.15, -0.1) is 11.3 Å². The van der Waals surface area contributed by atoms with Gasteiger partial charge >= 0.3 is 0 Å². The van der Waals surface area contributed by atoms with Crippen LogP contribution in [-0.4, -0.2) is 21.4 Å². The number of rotatable bonds is 6. The number of thiophene rings is 1. The molecule has 0 aliphatic heterocycles. The van der Waals surface area contributed by atoms with E-state index in [1.807, 2.05) is 0 Å². The van der Waals surface area contributed by atoms with Gasteiger partial charge in [0.25, 0.3) is 0 Å². The van der Waals surface area contributed by atoms with Gasteiger partial charge in [-0.2, -0.15) is 0 Å². The van der Waals surface area contributed by atoms with E-state index in [9.17, 15) is 17.6 Å². The highest BCUT2D eigenvalue weighted by molar-refractivity contribution is 7.91. The van der Waals surface area contributed by atoms with E-state index in [4.69, 9.17) is 0 Å². The van der Waals surface area contributed by atoms with E-state index in [1.54, 1.807) is 24.3 Å². The van der Waals surface area contributed by atoms with Crippen molar-refractivity contribution in [3.8, 4) is 0 Å². The molecule has 24 heavy (non-hydrogen) atoms. The SMILES string of the molecule is CNS(=O)(=O)c1ccc(CNC(=O)C2CC2c2ccccc2F)s1. The van der Waals surface area contributed by atoms with Crippen LogP contribution < -0.4 is 10.0 Å². The Morgan fingerprint density at radius 1 is 1.29 bits per heavy atom. The largest absolute Gasteiger partial charge is 0.351 e. The maximum Gasteiger partial charge on any atom is 0.249 e. The highest BCUT2D eigenvalue weighted by Crippen LogP contribution is 2.48. The lowest BCUT2D eigenvalue weighted by molar-refractivity contribution is -0.122. The first-order chi connectivity index (χ1) is 11.4. The first-order valence-corrected chi connectivity index (χ1v) is 9.76. The number of nitrogens with one attached hydrogen (secondary N) is 2. The van der Waals surface area contributed by atoms with E-state index in [0.717, 1.165) is 16.2 Å². The normalized spacial score (nSPS) is 19.9. The fourth-order valence-electron chi connectivity index (χ4n) is 2.61. The third kappa shape index (κ3) is 3.50. The van der Waals surface area contributed by atoms with Crippen molar-refractivity contribution < 1.29 is 17.6 Å². The van der Waals surface area contributed by atoms with E-state index >= 15 is 0 Å². The lowest BCUT2D eigenvalue weighted by Crippen LogP contribution is -2.24. The fourth-order valence-corrected chi connectivity index (χ4v) is 4.74. The number of benzene rings is 1. The average Bonchev–Trinajstić information content (AvgIpc) is 3.21. The Kier molecular flexibility index (Phi) is 4.71. The molecule has 2 N–H and O–H groups in total. The number of hydrogen-bond acceptors (Lipinski definition) is 4. The van der Waals surface area contributed by atoms with Crippen LogP contribution in [0.2, 0.25) is 0 Å². The van der Waals surface area contributed by atoms with Crippen LogP contribution in [0.5, 0.6) is 0 Å². The van der Waals surface area contributed by atoms with Crippen LogP contribution in [0.3, 0.4) is 0 Å². The summed E-state index contributed by atoms with van der Waals surface area (Å²) in [7, 11) is -2.10. The minimum Gasteiger partial charge on any atom is -0.351 e. The maximum absolute atomic E-state index is 13.7. The molecule has 0 saturated heterocycles. The summed E-state index contributed by atoms with van der Waals surface area (Å²) in [5.74, 6) is -0.704. The number of amides is 1. The molecule has 0 spiro atoms. The smallest absolute Gasteiger partial charge is 0.249 e. The summed E-state index contributed by atoms with van der Waals surface area (Å²) in [5.41, 5.74) is 0.580. The van der Waals surface area contributed by atoms with Crippen LogP contribution in [0.1, 0.15) is 22.8 Å². The molecule has 1 saturated carbocycles. The third-order valence-electron chi connectivity index (χ3n) is 4.04. The molecule has 0 radical (unpaired) electrons. The molecule has 2 atom stereocenters. The summed E-state index contributed by atoms with van der Waals surface area (Å²) in [6.45, 7) is 0.267. The second-order valence-electron chi connectivity index (χ2n) is 5.62. The predicted molar refractivity (Wildman–Crippen MR) is 89.7 cm³/mol. The molecule has 1 aliphatic carbocycles. The third-order valence-corrected chi connectivity index (χ3v) is 7.03. The van der Waals surface area contributed by atoms with Gasteiger partial charge < -0.3 is 5.32 Å². The molecule has 2 aromatic rings. The minimum absolute atomic E-state index is 0.0743. The van der Waals surface area contributed by atoms with Crippen molar-refractivity contribution in [2.45, 2.75) is 23.1 Å². The van der Waals surface area contributed by atoms with Gasteiger partial charge in [0, 0.05) is 10.8 Å². The molecule has 1 amide bonds. The molecular formula is C16H17FN2O3S2.